The summed E-state index contributed by atoms with van der Waals surface area (Å²) >= 11 is 0. The predicted molar refractivity (Wildman–Crippen MR) is 298 cm³/mol. The minimum atomic E-state index is -1.19. The van der Waals surface area contributed by atoms with E-state index in [1.54, 1.807) is 6.08 Å². The number of carbonyl (C=O) groups excluding carboxylic acids is 7. The van der Waals surface area contributed by atoms with Gasteiger partial charge >= 0.3 is 0 Å². The van der Waals surface area contributed by atoms with Gasteiger partial charge in [0.2, 0.25) is 41.4 Å². The van der Waals surface area contributed by atoms with Gasteiger partial charge in [-0.25, -0.2) is 0 Å². The van der Waals surface area contributed by atoms with Crippen molar-refractivity contribution in [2.45, 2.75) is 194 Å². The van der Waals surface area contributed by atoms with Crippen molar-refractivity contribution in [1.29, 1.82) is 0 Å². The Hall–Kier alpha value is -4.17. The number of hydrogen-bond donors (Lipinski definition) is 9. The van der Waals surface area contributed by atoms with Crippen molar-refractivity contribution in [2.24, 2.45) is 29.2 Å². The predicted octanol–water partition coefficient (Wildman–Crippen LogP) is 5.37. The maximum atomic E-state index is 13.6. The van der Waals surface area contributed by atoms with Gasteiger partial charge < -0.3 is 62.9 Å². The molecule has 0 bridgehead atoms. The number of amides is 7. The van der Waals surface area contributed by atoms with Crippen LogP contribution in [0.1, 0.15) is 189 Å². The highest BCUT2D eigenvalue weighted by Crippen LogP contribution is 2.15. The first kappa shape index (κ1) is 70.8. The molecule has 19 nitrogen and oxygen atoms in total. The van der Waals surface area contributed by atoms with E-state index in [1.807, 2.05) is 6.08 Å². The lowest BCUT2D eigenvalue weighted by Gasteiger charge is -2.34. The number of ether oxygens (including phenoxy) is 3. The number of allylic oxidation sites excluding steroid dienone is 1. The van der Waals surface area contributed by atoms with E-state index in [0.29, 0.717) is 109 Å². The molecule has 0 aromatic rings. The van der Waals surface area contributed by atoms with Crippen LogP contribution in [0.5, 0.6) is 0 Å². The molecule has 0 saturated heterocycles. The molecule has 0 saturated carbocycles. The van der Waals surface area contributed by atoms with Crippen molar-refractivity contribution in [2.75, 3.05) is 92.0 Å². The lowest BCUT2D eigenvalue weighted by Crippen LogP contribution is -2.58. The molecule has 11 N–H and O–H groups in total. The van der Waals surface area contributed by atoms with Crippen LogP contribution in [0.3, 0.4) is 0 Å². The van der Waals surface area contributed by atoms with Gasteiger partial charge in [0.25, 0.3) is 0 Å². The summed E-state index contributed by atoms with van der Waals surface area (Å²) in [6.45, 7) is 14.8. The Bertz CT molecular complexity index is 1500. The SMILES string of the molecule is CC(C)CCCCC(=O)NCCCNC(=O)CCOCC(COCCC(=O)NCCCN)(COCCC(=O)NCCCN)NC(=O)CCCCCCCCCCC(=O)NCCCCCCNC(=O)/C=C/C(C)C(C)C. The molecule has 0 heterocycles. The highest BCUT2D eigenvalue weighted by Gasteiger charge is 2.34. The van der Waals surface area contributed by atoms with E-state index < -0.39 is 5.54 Å². The molecule has 436 valence electrons. The summed E-state index contributed by atoms with van der Waals surface area (Å²) in [6, 6.07) is 0. The van der Waals surface area contributed by atoms with Crippen molar-refractivity contribution in [3.05, 3.63) is 12.2 Å². The third-order valence-corrected chi connectivity index (χ3v) is 12.7. The molecule has 0 fully saturated rings. The van der Waals surface area contributed by atoms with Crippen LogP contribution < -0.4 is 48.7 Å². The van der Waals surface area contributed by atoms with Crippen molar-refractivity contribution >= 4 is 41.4 Å². The van der Waals surface area contributed by atoms with Gasteiger partial charge in [-0.2, -0.15) is 0 Å². The molecule has 0 aromatic heterocycles. The van der Waals surface area contributed by atoms with Gasteiger partial charge in [0.1, 0.15) is 5.54 Å². The van der Waals surface area contributed by atoms with Gasteiger partial charge in [-0.3, -0.25) is 33.6 Å². The largest absolute Gasteiger partial charge is 0.378 e. The standard InChI is InChI=1S/C56H107N9O10/c1-46(2)23-16-17-25-50(67)63-38-22-39-64-54(71)31-42-75-45-56(43-73-40-29-52(69)61-36-20-32-57,44-74-41-30-53(70)62-37-21-33-58)65-55(72)26-15-11-9-7-6-8-10-14-24-49(66)59-34-18-12-13-19-35-60-51(68)28-27-48(5)47(3)4/h27-28,46-48H,6-26,29-45,57-58H2,1-5H3,(H,59,66)(H,60,68)(H,61,69)(H,62,70)(H,63,67)(H,64,71)(H,65,72)/b28-27+. The molecule has 19 heteroatoms. The molecule has 0 aliphatic heterocycles. The Balaban J connectivity index is 4.97. The Morgan fingerprint density at radius 3 is 1.17 bits per heavy atom. The molecule has 0 aliphatic carbocycles. The molecular weight excluding hydrogens is 959 g/mol. The van der Waals surface area contributed by atoms with Gasteiger partial charge in [0, 0.05) is 77.8 Å². The fourth-order valence-electron chi connectivity index (χ4n) is 7.57. The summed E-state index contributed by atoms with van der Waals surface area (Å²) in [4.78, 5) is 87.5. The smallest absolute Gasteiger partial charge is 0.243 e. The van der Waals surface area contributed by atoms with Gasteiger partial charge in [0.15, 0.2) is 0 Å². The summed E-state index contributed by atoms with van der Waals surface area (Å²) in [5.41, 5.74) is 9.92. The van der Waals surface area contributed by atoms with Crippen molar-refractivity contribution in [3.8, 4) is 0 Å². The number of unbranched alkanes of at least 4 members (excludes halogenated alkanes) is 11. The molecule has 0 aliphatic rings. The minimum Gasteiger partial charge on any atom is -0.378 e. The second-order valence-corrected chi connectivity index (χ2v) is 20.8. The second-order valence-electron chi connectivity index (χ2n) is 20.8. The molecular formula is C56H107N9O10. The summed E-state index contributed by atoms with van der Waals surface area (Å²) in [7, 11) is 0. The monoisotopic (exact) mass is 1070 g/mol. The number of carbonyl (C=O) groups is 7. The van der Waals surface area contributed by atoms with Gasteiger partial charge in [-0.1, -0.05) is 105 Å². The first-order valence-corrected chi connectivity index (χ1v) is 28.9. The number of nitrogens with two attached hydrogens (primary N) is 2. The van der Waals surface area contributed by atoms with Crippen LogP contribution in [-0.2, 0) is 47.8 Å². The zero-order chi connectivity index (χ0) is 55.6. The lowest BCUT2D eigenvalue weighted by atomic mass is 9.98. The maximum absolute atomic E-state index is 13.6. The average molecular weight is 1070 g/mol. The highest BCUT2D eigenvalue weighted by atomic mass is 16.5. The summed E-state index contributed by atoms with van der Waals surface area (Å²) < 4.78 is 18.0. The molecule has 1 unspecified atom stereocenters. The lowest BCUT2D eigenvalue weighted by molar-refractivity contribution is -0.130. The fraction of sp³-hybridized carbons (Fsp3) is 0.839. The quantitative estimate of drug-likeness (QED) is 0.0275. The summed E-state index contributed by atoms with van der Waals surface area (Å²) in [6.07, 6.45) is 21.4. The Kier molecular flexibility index (Phi) is 46.7. The first-order valence-electron chi connectivity index (χ1n) is 28.9. The summed E-state index contributed by atoms with van der Waals surface area (Å²) in [5, 5.41) is 20.5. The minimum absolute atomic E-state index is 0.0207. The van der Waals surface area contributed by atoms with E-state index in [9.17, 15) is 33.6 Å². The van der Waals surface area contributed by atoms with Gasteiger partial charge in [0.05, 0.1) is 39.6 Å². The van der Waals surface area contributed by atoms with Crippen LogP contribution >= 0.6 is 0 Å². The van der Waals surface area contributed by atoms with Crippen molar-refractivity contribution < 1.29 is 47.8 Å². The number of hydrogen-bond acceptors (Lipinski definition) is 12. The van der Waals surface area contributed by atoms with E-state index in [-0.39, 0.29) is 107 Å². The van der Waals surface area contributed by atoms with E-state index in [4.69, 9.17) is 25.7 Å². The molecule has 0 aromatic carbocycles. The molecule has 1 atom stereocenters. The number of nitrogens with one attached hydrogen (secondary N) is 7. The topological polar surface area (TPSA) is 283 Å². The van der Waals surface area contributed by atoms with E-state index >= 15 is 0 Å². The van der Waals surface area contributed by atoms with Crippen LogP contribution in [-0.4, -0.2) is 139 Å². The second kappa shape index (κ2) is 49.4. The Morgan fingerprint density at radius 2 is 0.760 bits per heavy atom. The van der Waals surface area contributed by atoms with Gasteiger partial charge in [-0.05, 0) is 88.3 Å². The maximum Gasteiger partial charge on any atom is 0.243 e. The van der Waals surface area contributed by atoms with Crippen LogP contribution in [0.2, 0.25) is 0 Å². The molecule has 0 spiro atoms. The van der Waals surface area contributed by atoms with E-state index in [0.717, 1.165) is 89.9 Å². The normalized spacial score (nSPS) is 12.0. The zero-order valence-electron chi connectivity index (χ0n) is 47.5. The molecule has 0 rings (SSSR count). The third-order valence-electron chi connectivity index (χ3n) is 12.7. The average Bonchev–Trinajstić information content (AvgIpc) is 3.37. The summed E-state index contributed by atoms with van der Waals surface area (Å²) in [5.74, 6) is 0.769. The van der Waals surface area contributed by atoms with Crippen LogP contribution in [0.25, 0.3) is 0 Å². The van der Waals surface area contributed by atoms with Crippen molar-refractivity contribution in [1.82, 2.24) is 37.2 Å². The van der Waals surface area contributed by atoms with Crippen molar-refractivity contribution in [3.63, 3.8) is 0 Å². The number of rotatable bonds is 52. The Labute approximate surface area is 452 Å². The zero-order valence-corrected chi connectivity index (χ0v) is 47.5. The van der Waals surface area contributed by atoms with E-state index in [2.05, 4.69) is 71.8 Å². The van der Waals surface area contributed by atoms with E-state index in [1.165, 1.54) is 0 Å². The first-order chi connectivity index (χ1) is 36.1. The molecule has 7 amide bonds. The fourth-order valence-corrected chi connectivity index (χ4v) is 7.57. The third kappa shape index (κ3) is 46.8. The van der Waals surface area contributed by atoms with Gasteiger partial charge in [-0.15, -0.1) is 0 Å². The molecule has 0 radical (unpaired) electrons. The molecule has 75 heavy (non-hydrogen) atoms. The van der Waals surface area contributed by atoms with Crippen LogP contribution in [0.15, 0.2) is 12.2 Å². The van der Waals surface area contributed by atoms with Crippen LogP contribution in [0, 0.1) is 17.8 Å². The Morgan fingerprint density at radius 1 is 0.413 bits per heavy atom. The highest BCUT2D eigenvalue weighted by molar-refractivity contribution is 5.87. The van der Waals surface area contributed by atoms with Crippen LogP contribution in [0.4, 0.5) is 0 Å².